The molecule has 108 valence electrons. The Bertz CT molecular complexity index is 364. The molecule has 1 saturated heterocycles. The van der Waals surface area contributed by atoms with E-state index in [0.29, 0.717) is 6.42 Å². The molecule has 0 bridgehead atoms. The number of hydrogen-bond acceptors (Lipinski definition) is 3. The van der Waals surface area contributed by atoms with Crippen LogP contribution in [0.4, 0.5) is 4.79 Å². The molecule has 5 nitrogen and oxygen atoms in total. The number of nitrogens with one attached hydrogen (secondary N) is 1. The predicted octanol–water partition coefficient (Wildman–Crippen LogP) is 2.31. The number of hydrogen-bond donors (Lipinski definition) is 1. The topological polar surface area (TPSA) is 66.5 Å². The van der Waals surface area contributed by atoms with E-state index in [1.54, 1.807) is 0 Å². The average molecular weight is 268 g/mol. The van der Waals surface area contributed by atoms with Crippen LogP contribution in [0.5, 0.6) is 0 Å². The molecule has 1 heterocycles. The first-order valence-electron chi connectivity index (χ1n) is 7.15. The predicted molar refractivity (Wildman–Crippen MR) is 72.3 cm³/mol. The molecule has 0 aromatic rings. The Labute approximate surface area is 114 Å². The molecule has 1 N–H and O–H groups in total. The summed E-state index contributed by atoms with van der Waals surface area (Å²) in [6.07, 6.45) is 3.04. The fraction of sp³-hybridized carbons (Fsp3) is 0.786. The number of carbonyl (C=O) groups excluding carboxylic acids is 3. The second-order valence-corrected chi connectivity index (χ2v) is 5.16. The van der Waals surface area contributed by atoms with Crippen molar-refractivity contribution in [1.82, 2.24) is 10.2 Å². The van der Waals surface area contributed by atoms with Crippen LogP contribution in [0.2, 0.25) is 0 Å². The molecule has 19 heavy (non-hydrogen) atoms. The van der Waals surface area contributed by atoms with Gasteiger partial charge in [-0.3, -0.25) is 19.8 Å². The first kappa shape index (κ1) is 15.7. The highest BCUT2D eigenvalue weighted by Gasteiger charge is 2.42. The molecule has 1 aliphatic heterocycles. The molecule has 0 aromatic heterocycles. The van der Waals surface area contributed by atoms with E-state index in [1.807, 2.05) is 27.7 Å². The summed E-state index contributed by atoms with van der Waals surface area (Å²) in [5.41, 5.74) is 0. The molecular weight excluding hydrogens is 244 g/mol. The van der Waals surface area contributed by atoms with Gasteiger partial charge in [0.15, 0.2) is 0 Å². The zero-order chi connectivity index (χ0) is 14.6. The van der Waals surface area contributed by atoms with Crippen molar-refractivity contribution in [1.29, 1.82) is 0 Å². The third kappa shape index (κ3) is 3.14. The van der Waals surface area contributed by atoms with E-state index in [4.69, 9.17) is 0 Å². The van der Waals surface area contributed by atoms with Crippen LogP contribution in [0.3, 0.4) is 0 Å². The number of rotatable bonds is 6. The molecule has 0 saturated carbocycles. The zero-order valence-corrected chi connectivity index (χ0v) is 12.2. The summed E-state index contributed by atoms with van der Waals surface area (Å²) < 4.78 is 0. The first-order chi connectivity index (χ1) is 8.97. The van der Waals surface area contributed by atoms with Gasteiger partial charge >= 0.3 is 6.03 Å². The lowest BCUT2D eigenvalue weighted by Gasteiger charge is -2.37. The van der Waals surface area contributed by atoms with E-state index in [9.17, 15) is 14.4 Å². The van der Waals surface area contributed by atoms with E-state index in [-0.39, 0.29) is 17.9 Å². The van der Waals surface area contributed by atoms with Gasteiger partial charge in [-0.05, 0) is 19.3 Å². The Kier molecular flexibility index (Phi) is 5.51. The summed E-state index contributed by atoms with van der Waals surface area (Å²) in [7, 11) is 0. The average Bonchev–Trinajstić information content (AvgIpc) is 2.35. The maximum absolute atomic E-state index is 12.4. The summed E-state index contributed by atoms with van der Waals surface area (Å²) >= 11 is 0. The number of urea groups is 1. The summed E-state index contributed by atoms with van der Waals surface area (Å²) in [5.74, 6) is -1.23. The van der Waals surface area contributed by atoms with E-state index in [0.717, 1.165) is 19.3 Å². The second-order valence-electron chi connectivity index (χ2n) is 5.16. The Morgan fingerprint density at radius 1 is 1.16 bits per heavy atom. The number of imide groups is 2. The highest BCUT2D eigenvalue weighted by molar-refractivity contribution is 6.16. The van der Waals surface area contributed by atoms with E-state index in [1.165, 1.54) is 4.90 Å². The Hall–Kier alpha value is -1.39. The molecule has 4 amide bonds. The minimum absolute atomic E-state index is 0.171. The van der Waals surface area contributed by atoms with Gasteiger partial charge in [0.25, 0.3) is 0 Å². The van der Waals surface area contributed by atoms with Crippen molar-refractivity contribution in [3.05, 3.63) is 0 Å². The Morgan fingerprint density at radius 2 is 1.74 bits per heavy atom. The van der Waals surface area contributed by atoms with Crippen LogP contribution in [0, 0.1) is 11.8 Å². The van der Waals surface area contributed by atoms with Gasteiger partial charge in [-0.1, -0.05) is 40.0 Å². The SMILES string of the molecule is CCCC1C(=O)NC(=O)N(C(C)C(CC)CC)C1=O. The normalized spacial score (nSPS) is 21.8. The van der Waals surface area contributed by atoms with Crippen LogP contribution in [-0.2, 0) is 9.59 Å². The van der Waals surface area contributed by atoms with Gasteiger partial charge in [0.2, 0.25) is 11.8 Å². The highest BCUT2D eigenvalue weighted by Crippen LogP contribution is 2.24. The molecule has 0 radical (unpaired) electrons. The minimum atomic E-state index is -0.709. The number of barbiturate groups is 1. The Morgan fingerprint density at radius 3 is 2.21 bits per heavy atom. The van der Waals surface area contributed by atoms with Crippen LogP contribution < -0.4 is 5.32 Å². The molecule has 0 spiro atoms. The zero-order valence-electron chi connectivity index (χ0n) is 12.2. The third-order valence-electron chi connectivity index (χ3n) is 4.02. The summed E-state index contributed by atoms with van der Waals surface area (Å²) in [6.45, 7) is 7.90. The maximum Gasteiger partial charge on any atom is 0.331 e. The lowest BCUT2D eigenvalue weighted by molar-refractivity contribution is -0.144. The van der Waals surface area contributed by atoms with Crippen molar-refractivity contribution in [3.63, 3.8) is 0 Å². The summed E-state index contributed by atoms with van der Waals surface area (Å²) in [5, 5.41) is 2.31. The largest absolute Gasteiger partial charge is 0.331 e. The third-order valence-corrected chi connectivity index (χ3v) is 4.02. The fourth-order valence-corrected chi connectivity index (χ4v) is 2.74. The van der Waals surface area contributed by atoms with Gasteiger partial charge in [-0.2, -0.15) is 0 Å². The molecule has 1 rings (SSSR count). The molecule has 1 aliphatic rings. The minimum Gasteiger partial charge on any atom is -0.277 e. The lowest BCUT2D eigenvalue weighted by Crippen LogP contribution is -2.61. The standard InChI is InChI=1S/C14H24N2O3/c1-5-8-11-12(17)15-14(19)16(13(11)18)9(4)10(6-2)7-3/h9-11H,5-8H2,1-4H3,(H,15,17,19). The molecule has 5 heteroatoms. The molecular formula is C14H24N2O3. The highest BCUT2D eigenvalue weighted by atomic mass is 16.2. The van der Waals surface area contributed by atoms with Crippen LogP contribution in [-0.4, -0.2) is 28.8 Å². The van der Waals surface area contributed by atoms with E-state index >= 15 is 0 Å². The summed E-state index contributed by atoms with van der Waals surface area (Å²) in [6, 6.07) is -0.739. The van der Waals surface area contributed by atoms with Crippen molar-refractivity contribution >= 4 is 17.8 Å². The van der Waals surface area contributed by atoms with Gasteiger partial charge in [-0.25, -0.2) is 4.79 Å². The van der Waals surface area contributed by atoms with Crippen LogP contribution in [0.15, 0.2) is 0 Å². The van der Waals surface area contributed by atoms with Gasteiger partial charge in [0.1, 0.15) is 5.92 Å². The fourth-order valence-electron chi connectivity index (χ4n) is 2.74. The molecule has 2 atom stereocenters. The van der Waals surface area contributed by atoms with Crippen molar-refractivity contribution < 1.29 is 14.4 Å². The van der Waals surface area contributed by atoms with Gasteiger partial charge in [-0.15, -0.1) is 0 Å². The van der Waals surface area contributed by atoms with Gasteiger partial charge in [0, 0.05) is 6.04 Å². The number of nitrogens with zero attached hydrogens (tertiary/aromatic N) is 1. The van der Waals surface area contributed by atoms with Crippen molar-refractivity contribution in [2.24, 2.45) is 11.8 Å². The first-order valence-corrected chi connectivity index (χ1v) is 7.15. The van der Waals surface area contributed by atoms with Crippen molar-refractivity contribution in [2.45, 2.75) is 59.4 Å². The molecule has 2 unspecified atom stereocenters. The quantitative estimate of drug-likeness (QED) is 0.752. The smallest absolute Gasteiger partial charge is 0.277 e. The van der Waals surface area contributed by atoms with Gasteiger partial charge in [0.05, 0.1) is 0 Å². The van der Waals surface area contributed by atoms with E-state index < -0.39 is 17.9 Å². The number of carbonyl (C=O) groups is 3. The molecule has 0 aliphatic carbocycles. The molecule has 1 fully saturated rings. The monoisotopic (exact) mass is 268 g/mol. The van der Waals surface area contributed by atoms with Gasteiger partial charge < -0.3 is 0 Å². The van der Waals surface area contributed by atoms with Crippen molar-refractivity contribution in [3.8, 4) is 0 Å². The Balaban J connectivity index is 2.95. The van der Waals surface area contributed by atoms with Crippen molar-refractivity contribution in [2.75, 3.05) is 0 Å². The van der Waals surface area contributed by atoms with Crippen LogP contribution in [0.1, 0.15) is 53.4 Å². The van der Waals surface area contributed by atoms with Crippen LogP contribution >= 0.6 is 0 Å². The molecule has 0 aromatic carbocycles. The summed E-state index contributed by atoms with van der Waals surface area (Å²) in [4.78, 5) is 37.2. The van der Waals surface area contributed by atoms with Crippen LogP contribution in [0.25, 0.3) is 0 Å². The second kappa shape index (κ2) is 6.68. The van der Waals surface area contributed by atoms with E-state index in [2.05, 4.69) is 5.32 Å². The lowest BCUT2D eigenvalue weighted by atomic mass is 9.91. The number of amides is 4. The maximum atomic E-state index is 12.4.